The summed E-state index contributed by atoms with van der Waals surface area (Å²) in [6.07, 6.45) is 18.9. The predicted octanol–water partition coefficient (Wildman–Crippen LogP) is 5.77. The van der Waals surface area contributed by atoms with Gasteiger partial charge in [-0.2, -0.15) is 0 Å². The van der Waals surface area contributed by atoms with Crippen LogP contribution in [0.5, 0.6) is 0 Å². The van der Waals surface area contributed by atoms with Crippen LogP contribution in [0.15, 0.2) is 0 Å². The Morgan fingerprint density at radius 3 is 1.20 bits per heavy atom. The third-order valence-electron chi connectivity index (χ3n) is 7.03. The predicted molar refractivity (Wildman–Crippen MR) is 88.0 cm³/mol. The maximum atomic E-state index is 2.46. The molecule has 1 heteroatoms. The van der Waals surface area contributed by atoms with Gasteiger partial charge in [-0.05, 0) is 0 Å². The van der Waals surface area contributed by atoms with Gasteiger partial charge in [0.05, 0.1) is 0 Å². The number of hydrogen-bond donors (Lipinski definition) is 0. The molecule has 0 bridgehead atoms. The minimum absolute atomic E-state index is 1.02. The molecule has 0 aromatic rings. The fourth-order valence-electron chi connectivity index (χ4n) is 5.46. The molecule has 0 atom stereocenters. The van der Waals surface area contributed by atoms with Crippen LogP contribution in [0.4, 0.5) is 0 Å². The Labute approximate surface area is 142 Å². The van der Waals surface area contributed by atoms with E-state index in [1.54, 1.807) is 64.2 Å². The maximum absolute atomic E-state index is 2.46. The molecule has 0 aliphatic heterocycles. The third-order valence-corrected chi connectivity index (χ3v) is 9.62. The molecule has 0 aromatic heterocycles. The van der Waals surface area contributed by atoms with Gasteiger partial charge in [0.25, 0.3) is 0 Å². The van der Waals surface area contributed by atoms with E-state index in [0.717, 1.165) is 29.6 Å². The Morgan fingerprint density at radius 1 is 0.500 bits per heavy atom. The van der Waals surface area contributed by atoms with Crippen LogP contribution < -0.4 is 0 Å². The fraction of sp³-hybridized carbons (Fsp3) is 1.00. The van der Waals surface area contributed by atoms with Gasteiger partial charge in [-0.15, -0.1) is 0 Å². The van der Waals surface area contributed by atoms with Gasteiger partial charge in [0.2, 0.25) is 0 Å². The van der Waals surface area contributed by atoms with Crippen molar-refractivity contribution in [2.75, 3.05) is 0 Å². The summed E-state index contributed by atoms with van der Waals surface area (Å²) >= 11 is 1.25. The second-order valence-electron chi connectivity index (χ2n) is 8.37. The Kier molecular flexibility index (Phi) is 5.89. The molecular weight excluding hydrogens is 433 g/mol. The molecule has 20 heavy (non-hydrogen) atoms. The summed E-state index contributed by atoms with van der Waals surface area (Å²) in [5.74, 6) is 5.53. The zero-order chi connectivity index (χ0) is 13.9. The third kappa shape index (κ3) is 4.01. The normalized spacial score (nSPS) is 47.0. The summed E-state index contributed by atoms with van der Waals surface area (Å²) in [6, 6.07) is 0. The van der Waals surface area contributed by atoms with Crippen LogP contribution in [0.2, 0.25) is 3.48 Å². The van der Waals surface area contributed by atoms with Crippen molar-refractivity contribution >= 4 is 25.8 Å². The molecule has 0 heterocycles. The molecule has 3 aliphatic carbocycles. The van der Waals surface area contributed by atoms with Crippen LogP contribution in [0.25, 0.3) is 0 Å². The molecule has 0 amide bonds. The SMILES string of the molecule is CC1CCC(C2CCC(C3CC[CH]([Tl])CC3)CC2)CC1. The van der Waals surface area contributed by atoms with Crippen LogP contribution >= 0.6 is 0 Å². The first-order valence-electron chi connectivity index (χ1n) is 9.48. The van der Waals surface area contributed by atoms with Crippen LogP contribution in [-0.4, -0.2) is 25.8 Å². The van der Waals surface area contributed by atoms with E-state index in [-0.39, 0.29) is 0 Å². The fourth-order valence-corrected chi connectivity index (χ4v) is 6.96. The van der Waals surface area contributed by atoms with E-state index >= 15 is 0 Å². The Bertz CT molecular complexity index is 246. The first-order valence-corrected chi connectivity index (χ1v) is 12.1. The first kappa shape index (κ1) is 15.8. The molecule has 3 rings (SSSR count). The minimum atomic E-state index is 1.02. The molecule has 0 spiro atoms. The van der Waals surface area contributed by atoms with Crippen LogP contribution in [-0.2, 0) is 0 Å². The summed E-state index contributed by atoms with van der Waals surface area (Å²) in [4.78, 5) is 0. The van der Waals surface area contributed by atoms with Gasteiger partial charge in [-0.3, -0.25) is 0 Å². The zero-order valence-electron chi connectivity index (χ0n) is 13.5. The van der Waals surface area contributed by atoms with Crippen molar-refractivity contribution in [3.8, 4) is 0 Å². The molecule has 3 aliphatic rings. The van der Waals surface area contributed by atoms with Crippen LogP contribution in [0.3, 0.4) is 0 Å². The van der Waals surface area contributed by atoms with Gasteiger partial charge in [0.1, 0.15) is 0 Å². The van der Waals surface area contributed by atoms with E-state index in [1.165, 1.54) is 42.1 Å². The summed E-state index contributed by atoms with van der Waals surface area (Å²) in [7, 11) is 0. The number of rotatable bonds is 2. The van der Waals surface area contributed by atoms with Gasteiger partial charge >= 0.3 is 136 Å². The summed E-state index contributed by atoms with van der Waals surface area (Å²) < 4.78 is 1.19. The second-order valence-corrected chi connectivity index (χ2v) is 12.0. The zero-order valence-corrected chi connectivity index (χ0v) is 18.0. The molecule has 3 saturated carbocycles. The van der Waals surface area contributed by atoms with Gasteiger partial charge in [-0.25, -0.2) is 0 Å². The second kappa shape index (κ2) is 7.46. The molecule has 112 valence electrons. The van der Waals surface area contributed by atoms with Crippen molar-refractivity contribution in [2.24, 2.45) is 29.6 Å². The monoisotopic (exact) mass is 466 g/mol. The van der Waals surface area contributed by atoms with E-state index < -0.39 is 0 Å². The van der Waals surface area contributed by atoms with Crippen molar-refractivity contribution in [1.82, 2.24) is 0 Å². The van der Waals surface area contributed by atoms with Crippen LogP contribution in [0, 0.1) is 29.6 Å². The van der Waals surface area contributed by atoms with Gasteiger partial charge < -0.3 is 0 Å². The quantitative estimate of drug-likeness (QED) is 0.454. The van der Waals surface area contributed by atoms with E-state index in [4.69, 9.17) is 0 Å². The van der Waals surface area contributed by atoms with E-state index in [2.05, 4.69) is 6.92 Å². The molecule has 0 nitrogen and oxygen atoms in total. The van der Waals surface area contributed by atoms with Crippen molar-refractivity contribution in [3.63, 3.8) is 0 Å². The average Bonchev–Trinajstić information content (AvgIpc) is 2.49. The Balaban J connectivity index is 1.42. The molecule has 0 aromatic carbocycles. The molecule has 3 fully saturated rings. The van der Waals surface area contributed by atoms with Gasteiger partial charge in [0.15, 0.2) is 0 Å². The van der Waals surface area contributed by atoms with Gasteiger partial charge in [-0.1, -0.05) is 6.92 Å². The molecule has 0 saturated heterocycles. The van der Waals surface area contributed by atoms with E-state index in [1.807, 2.05) is 0 Å². The molecule has 0 N–H and O–H groups in total. The number of hydrogen-bond acceptors (Lipinski definition) is 0. The van der Waals surface area contributed by atoms with Crippen molar-refractivity contribution in [2.45, 2.75) is 87.5 Å². The average molecular weight is 466 g/mol. The standard InChI is InChI=1S/C19H33.Tl/c1-15-7-9-17(10-8-15)19-13-11-18(12-14-19)16-5-3-2-4-6-16;/h2,15-19H,3-14H2,1H3;. The van der Waals surface area contributed by atoms with E-state index in [0.29, 0.717) is 0 Å². The topological polar surface area (TPSA) is 0 Å². The Morgan fingerprint density at radius 2 is 0.800 bits per heavy atom. The van der Waals surface area contributed by atoms with Crippen molar-refractivity contribution in [3.05, 3.63) is 0 Å². The Hall–Kier alpha value is 0.922. The van der Waals surface area contributed by atoms with E-state index in [9.17, 15) is 0 Å². The van der Waals surface area contributed by atoms with Crippen LogP contribution in [0.1, 0.15) is 84.0 Å². The molecule has 0 unspecified atom stereocenters. The molecular formula is C19H33Tl. The molecule has 0 radical (unpaired) electrons. The summed E-state index contributed by atoms with van der Waals surface area (Å²) in [5, 5.41) is 0. The summed E-state index contributed by atoms with van der Waals surface area (Å²) in [5.41, 5.74) is 0. The van der Waals surface area contributed by atoms with Crippen molar-refractivity contribution in [1.29, 1.82) is 0 Å². The summed E-state index contributed by atoms with van der Waals surface area (Å²) in [6.45, 7) is 2.46. The first-order chi connectivity index (χ1) is 9.72. The van der Waals surface area contributed by atoms with Crippen molar-refractivity contribution < 1.29 is 0 Å². The van der Waals surface area contributed by atoms with Gasteiger partial charge in [0, 0.05) is 0 Å².